The van der Waals surface area contributed by atoms with Crippen LogP contribution in [0.1, 0.15) is 35.1 Å². The van der Waals surface area contributed by atoms with E-state index in [1.54, 1.807) is 24.5 Å². The van der Waals surface area contributed by atoms with Gasteiger partial charge in [-0.1, -0.05) is 13.8 Å². The third kappa shape index (κ3) is 2.88. The molecule has 0 bridgehead atoms. The first-order valence-corrected chi connectivity index (χ1v) is 6.12. The summed E-state index contributed by atoms with van der Waals surface area (Å²) in [6.07, 6.45) is 3.27. The van der Waals surface area contributed by atoms with Gasteiger partial charge in [-0.15, -0.1) is 0 Å². The first-order valence-electron chi connectivity index (χ1n) is 5.35. The minimum atomic E-state index is -0.181. The topological polar surface area (TPSA) is 54.9 Å². The number of nitrogens with zero attached hydrogens (tertiary/aromatic N) is 2. The maximum absolute atomic E-state index is 11.9. The van der Waals surface area contributed by atoms with Gasteiger partial charge in [0.2, 0.25) is 0 Å². The Morgan fingerprint density at radius 3 is 2.65 bits per heavy atom. The molecule has 2 aromatic rings. The van der Waals surface area contributed by atoms with Crippen molar-refractivity contribution in [2.24, 2.45) is 0 Å². The van der Waals surface area contributed by atoms with Crippen molar-refractivity contribution in [1.82, 2.24) is 9.36 Å². The monoisotopic (exact) mass is 247 g/mol. The van der Waals surface area contributed by atoms with E-state index >= 15 is 0 Å². The van der Waals surface area contributed by atoms with Crippen molar-refractivity contribution < 1.29 is 4.79 Å². The summed E-state index contributed by atoms with van der Waals surface area (Å²) in [6.45, 7) is 4.16. The molecular weight excluding hydrogens is 234 g/mol. The first kappa shape index (κ1) is 11.7. The first-order chi connectivity index (χ1) is 8.16. The Balaban J connectivity index is 2.10. The van der Waals surface area contributed by atoms with Gasteiger partial charge in [0, 0.05) is 23.0 Å². The number of aromatic nitrogens is 2. The summed E-state index contributed by atoms with van der Waals surface area (Å²) >= 11 is 1.37. The zero-order valence-corrected chi connectivity index (χ0v) is 10.5. The molecule has 0 aliphatic heterocycles. The number of carbonyl (C=O) groups is 1. The van der Waals surface area contributed by atoms with Crippen LogP contribution in [0.3, 0.4) is 0 Å². The summed E-state index contributed by atoms with van der Waals surface area (Å²) in [5.41, 5.74) is 1.19. The van der Waals surface area contributed by atoms with Crippen molar-refractivity contribution in [2.75, 3.05) is 5.32 Å². The van der Waals surface area contributed by atoms with Crippen LogP contribution >= 0.6 is 11.5 Å². The third-order valence-electron chi connectivity index (χ3n) is 2.27. The van der Waals surface area contributed by atoms with E-state index in [4.69, 9.17) is 0 Å². The van der Waals surface area contributed by atoms with Crippen molar-refractivity contribution >= 4 is 23.1 Å². The highest BCUT2D eigenvalue weighted by Crippen LogP contribution is 2.20. The summed E-state index contributed by atoms with van der Waals surface area (Å²) in [6, 6.07) is 5.33. The molecule has 2 heterocycles. The van der Waals surface area contributed by atoms with E-state index in [1.165, 1.54) is 11.5 Å². The smallest absolute Gasteiger partial charge is 0.275 e. The highest BCUT2D eigenvalue weighted by molar-refractivity contribution is 7.06. The molecule has 1 N–H and O–H groups in total. The van der Waals surface area contributed by atoms with Crippen LogP contribution in [0.5, 0.6) is 0 Å². The summed E-state index contributed by atoms with van der Waals surface area (Å²) in [7, 11) is 0. The van der Waals surface area contributed by atoms with Crippen molar-refractivity contribution in [2.45, 2.75) is 19.8 Å². The molecule has 2 rings (SSSR count). The van der Waals surface area contributed by atoms with Gasteiger partial charge < -0.3 is 5.32 Å². The molecule has 17 heavy (non-hydrogen) atoms. The quantitative estimate of drug-likeness (QED) is 0.907. The Hall–Kier alpha value is -1.75. The maximum Gasteiger partial charge on any atom is 0.275 e. The van der Waals surface area contributed by atoms with Gasteiger partial charge in [0.05, 0.1) is 0 Å². The van der Waals surface area contributed by atoms with Crippen LogP contribution in [0.25, 0.3) is 0 Å². The number of anilines is 1. The summed E-state index contributed by atoms with van der Waals surface area (Å²) in [5, 5.41) is 2.78. The molecule has 0 aliphatic carbocycles. The van der Waals surface area contributed by atoms with Gasteiger partial charge in [-0.25, -0.2) is 0 Å². The van der Waals surface area contributed by atoms with Gasteiger partial charge in [-0.2, -0.15) is 4.37 Å². The van der Waals surface area contributed by atoms with E-state index in [-0.39, 0.29) is 5.91 Å². The highest BCUT2D eigenvalue weighted by atomic mass is 32.1. The minimum absolute atomic E-state index is 0.181. The zero-order valence-electron chi connectivity index (χ0n) is 9.68. The van der Waals surface area contributed by atoms with Crippen LogP contribution in [0.2, 0.25) is 0 Å². The molecule has 0 aromatic carbocycles. The van der Waals surface area contributed by atoms with Crippen LogP contribution in [0.4, 0.5) is 5.69 Å². The Morgan fingerprint density at radius 1 is 1.35 bits per heavy atom. The molecule has 0 radical (unpaired) electrons. The molecular formula is C12H13N3OS. The second-order valence-electron chi connectivity index (χ2n) is 3.96. The van der Waals surface area contributed by atoms with E-state index in [0.717, 1.165) is 10.6 Å². The molecule has 4 nitrogen and oxygen atoms in total. The number of amides is 1. The molecule has 0 aliphatic rings. The largest absolute Gasteiger partial charge is 0.321 e. The molecule has 5 heteroatoms. The van der Waals surface area contributed by atoms with Gasteiger partial charge in [-0.3, -0.25) is 9.78 Å². The van der Waals surface area contributed by atoms with Gasteiger partial charge in [0.1, 0.15) is 5.69 Å². The maximum atomic E-state index is 11.9. The molecule has 88 valence electrons. The number of hydrogen-bond donors (Lipinski definition) is 1. The third-order valence-corrected chi connectivity index (χ3v) is 3.36. The Morgan fingerprint density at radius 2 is 2.06 bits per heavy atom. The number of pyridine rings is 1. The lowest BCUT2D eigenvalue weighted by Gasteiger charge is -2.01. The lowest BCUT2D eigenvalue weighted by atomic mass is 10.2. The SMILES string of the molecule is CC(C)c1cc(C(=O)Nc2ccncc2)ns1. The van der Waals surface area contributed by atoms with Crippen molar-refractivity contribution in [1.29, 1.82) is 0 Å². The average Bonchev–Trinajstić information content (AvgIpc) is 2.79. The van der Waals surface area contributed by atoms with E-state index in [1.807, 2.05) is 6.07 Å². The fraction of sp³-hybridized carbons (Fsp3) is 0.250. The minimum Gasteiger partial charge on any atom is -0.321 e. The highest BCUT2D eigenvalue weighted by Gasteiger charge is 2.12. The van der Waals surface area contributed by atoms with Gasteiger partial charge in [0.15, 0.2) is 0 Å². The van der Waals surface area contributed by atoms with Crippen molar-refractivity contribution in [3.63, 3.8) is 0 Å². The standard InChI is InChI=1S/C12H13N3OS/c1-8(2)11-7-10(15-17-11)12(16)14-9-3-5-13-6-4-9/h3-8H,1-2H3,(H,13,14,16). The molecule has 2 aromatic heterocycles. The second-order valence-corrected chi connectivity index (χ2v) is 4.80. The fourth-order valence-corrected chi connectivity index (χ4v) is 2.01. The predicted octanol–water partition coefficient (Wildman–Crippen LogP) is 2.91. The lowest BCUT2D eigenvalue weighted by Crippen LogP contribution is -2.11. The number of nitrogens with one attached hydrogen (secondary N) is 1. The molecule has 0 saturated heterocycles. The van der Waals surface area contributed by atoms with E-state index in [9.17, 15) is 4.79 Å². The lowest BCUT2D eigenvalue weighted by molar-refractivity contribution is 0.102. The molecule has 0 unspecified atom stereocenters. The fourth-order valence-electron chi connectivity index (χ4n) is 1.30. The number of hydrogen-bond acceptors (Lipinski definition) is 4. The van der Waals surface area contributed by atoms with Crippen LogP contribution in [-0.2, 0) is 0 Å². The van der Waals surface area contributed by atoms with Gasteiger partial charge in [0.25, 0.3) is 5.91 Å². The Kier molecular flexibility index (Phi) is 3.49. The van der Waals surface area contributed by atoms with Crippen LogP contribution in [-0.4, -0.2) is 15.3 Å². The van der Waals surface area contributed by atoms with E-state index in [0.29, 0.717) is 11.6 Å². The van der Waals surface area contributed by atoms with E-state index in [2.05, 4.69) is 28.5 Å². The molecule has 0 saturated carbocycles. The predicted molar refractivity (Wildman–Crippen MR) is 68.4 cm³/mol. The Bertz CT molecular complexity index is 507. The molecule has 0 atom stereocenters. The summed E-state index contributed by atoms with van der Waals surface area (Å²) < 4.78 is 4.15. The van der Waals surface area contributed by atoms with Crippen LogP contribution in [0.15, 0.2) is 30.6 Å². The van der Waals surface area contributed by atoms with Crippen molar-refractivity contribution in [3.8, 4) is 0 Å². The van der Waals surface area contributed by atoms with Crippen LogP contribution < -0.4 is 5.32 Å². The Labute approximate surface area is 104 Å². The van der Waals surface area contributed by atoms with Gasteiger partial charge in [-0.05, 0) is 35.6 Å². The van der Waals surface area contributed by atoms with Gasteiger partial charge >= 0.3 is 0 Å². The zero-order chi connectivity index (χ0) is 12.3. The average molecular weight is 247 g/mol. The summed E-state index contributed by atoms with van der Waals surface area (Å²) in [4.78, 5) is 16.9. The normalized spacial score (nSPS) is 10.5. The summed E-state index contributed by atoms with van der Waals surface area (Å²) in [5.74, 6) is 0.217. The van der Waals surface area contributed by atoms with Crippen molar-refractivity contribution in [3.05, 3.63) is 41.2 Å². The van der Waals surface area contributed by atoms with Crippen LogP contribution in [0, 0.1) is 0 Å². The molecule has 0 fully saturated rings. The number of carbonyl (C=O) groups excluding carboxylic acids is 1. The molecule has 1 amide bonds. The second kappa shape index (κ2) is 5.05. The van der Waals surface area contributed by atoms with E-state index < -0.39 is 0 Å². The number of rotatable bonds is 3. The molecule has 0 spiro atoms.